The van der Waals surface area contributed by atoms with Gasteiger partial charge in [-0.15, -0.1) is 11.3 Å². The number of hydrogen-bond donors (Lipinski definition) is 1. The summed E-state index contributed by atoms with van der Waals surface area (Å²) in [5.74, 6) is 0. The Bertz CT molecular complexity index is 890. The minimum Gasteiger partial charge on any atom is -0.333 e. The molecule has 0 radical (unpaired) electrons. The zero-order valence-electron chi connectivity index (χ0n) is 14.3. The number of nitrogens with one attached hydrogen (secondary N) is 1. The second-order valence-corrected chi connectivity index (χ2v) is 9.32. The summed E-state index contributed by atoms with van der Waals surface area (Å²) >= 11 is 7.64. The molecule has 1 aliphatic heterocycles. The standard InChI is InChI=1S/C17H20ClN3O3S2/c1-13-6-11-25-15(13)12-19-17(22)20-7-9-21(10-8-20)26(23,24)16-5-3-2-4-14(16)18/h2-6,11H,7-10,12H2,1H3,(H,19,22). The topological polar surface area (TPSA) is 69.7 Å². The Hall–Kier alpha value is -1.61. The van der Waals surface area contributed by atoms with Crippen LogP contribution >= 0.6 is 22.9 Å². The Kier molecular flexibility index (Phi) is 5.86. The first-order chi connectivity index (χ1) is 12.4. The molecule has 26 heavy (non-hydrogen) atoms. The molecule has 6 nitrogen and oxygen atoms in total. The SMILES string of the molecule is Cc1ccsc1CNC(=O)N1CCN(S(=O)(=O)c2ccccc2Cl)CC1. The van der Waals surface area contributed by atoms with Gasteiger partial charge in [0.05, 0.1) is 11.6 Å². The van der Waals surface area contributed by atoms with Gasteiger partial charge < -0.3 is 10.2 Å². The molecule has 2 amide bonds. The molecule has 2 heterocycles. The van der Waals surface area contributed by atoms with Crippen LogP contribution in [0.4, 0.5) is 4.79 Å². The highest BCUT2D eigenvalue weighted by Crippen LogP contribution is 2.25. The van der Waals surface area contributed by atoms with Crippen molar-refractivity contribution >= 4 is 39.0 Å². The van der Waals surface area contributed by atoms with E-state index in [0.29, 0.717) is 19.6 Å². The molecule has 1 saturated heterocycles. The minimum atomic E-state index is -3.65. The van der Waals surface area contributed by atoms with Crippen LogP contribution in [0.5, 0.6) is 0 Å². The summed E-state index contributed by atoms with van der Waals surface area (Å²) in [6.45, 7) is 3.69. The zero-order chi connectivity index (χ0) is 18.7. The molecule has 1 fully saturated rings. The highest BCUT2D eigenvalue weighted by atomic mass is 35.5. The van der Waals surface area contributed by atoms with Crippen LogP contribution in [0, 0.1) is 6.92 Å². The summed E-state index contributed by atoms with van der Waals surface area (Å²) in [5, 5.41) is 5.10. The molecule has 1 N–H and O–H groups in total. The van der Waals surface area contributed by atoms with Gasteiger partial charge in [-0.1, -0.05) is 23.7 Å². The highest BCUT2D eigenvalue weighted by molar-refractivity contribution is 7.89. The van der Waals surface area contributed by atoms with Crippen LogP contribution in [0.1, 0.15) is 10.4 Å². The number of carbonyl (C=O) groups excluding carboxylic acids is 1. The summed E-state index contributed by atoms with van der Waals surface area (Å²) in [6.07, 6.45) is 0. The van der Waals surface area contributed by atoms with E-state index in [4.69, 9.17) is 11.6 Å². The van der Waals surface area contributed by atoms with Gasteiger partial charge in [0, 0.05) is 31.1 Å². The third kappa shape index (κ3) is 4.03. The molecule has 9 heteroatoms. The molecule has 3 rings (SSSR count). The van der Waals surface area contributed by atoms with Crippen molar-refractivity contribution in [3.05, 3.63) is 51.2 Å². The Balaban J connectivity index is 1.58. The van der Waals surface area contributed by atoms with Gasteiger partial charge in [0.2, 0.25) is 10.0 Å². The molecule has 0 aliphatic carbocycles. The van der Waals surface area contributed by atoms with E-state index >= 15 is 0 Å². The molecule has 0 unspecified atom stereocenters. The van der Waals surface area contributed by atoms with Crippen LogP contribution in [0.15, 0.2) is 40.6 Å². The summed E-state index contributed by atoms with van der Waals surface area (Å²) in [7, 11) is -3.65. The van der Waals surface area contributed by atoms with E-state index in [2.05, 4.69) is 5.32 Å². The van der Waals surface area contributed by atoms with E-state index < -0.39 is 10.0 Å². The molecule has 1 aliphatic rings. The number of rotatable bonds is 4. The molecule has 0 bridgehead atoms. The maximum Gasteiger partial charge on any atom is 0.317 e. The second kappa shape index (κ2) is 7.96. The third-order valence-electron chi connectivity index (χ3n) is 4.35. The molecule has 140 valence electrons. The van der Waals surface area contributed by atoms with Crippen molar-refractivity contribution in [2.75, 3.05) is 26.2 Å². The van der Waals surface area contributed by atoms with Gasteiger partial charge in [-0.25, -0.2) is 13.2 Å². The Labute approximate surface area is 162 Å². The lowest BCUT2D eigenvalue weighted by Gasteiger charge is -2.34. The van der Waals surface area contributed by atoms with Gasteiger partial charge in [0.1, 0.15) is 4.90 Å². The largest absolute Gasteiger partial charge is 0.333 e. The van der Waals surface area contributed by atoms with Crippen molar-refractivity contribution in [2.24, 2.45) is 0 Å². The normalized spacial score (nSPS) is 15.8. The molecule has 1 aromatic heterocycles. The fourth-order valence-corrected chi connectivity index (χ4v) is 5.54. The number of piperazine rings is 1. The van der Waals surface area contributed by atoms with E-state index in [1.54, 1.807) is 34.4 Å². The molecule has 0 spiro atoms. The van der Waals surface area contributed by atoms with E-state index in [1.807, 2.05) is 18.4 Å². The minimum absolute atomic E-state index is 0.104. The van der Waals surface area contributed by atoms with Crippen molar-refractivity contribution in [3.8, 4) is 0 Å². The number of sulfonamides is 1. The van der Waals surface area contributed by atoms with Gasteiger partial charge in [-0.05, 0) is 36.1 Å². The van der Waals surface area contributed by atoms with Gasteiger partial charge >= 0.3 is 6.03 Å². The number of nitrogens with zero attached hydrogens (tertiary/aromatic N) is 2. The van der Waals surface area contributed by atoms with Crippen LogP contribution in [0.2, 0.25) is 5.02 Å². The monoisotopic (exact) mass is 413 g/mol. The number of benzene rings is 1. The van der Waals surface area contributed by atoms with E-state index in [1.165, 1.54) is 10.4 Å². The summed E-state index contributed by atoms with van der Waals surface area (Å²) in [5.41, 5.74) is 1.16. The zero-order valence-corrected chi connectivity index (χ0v) is 16.7. The molecular weight excluding hydrogens is 394 g/mol. The summed E-state index contributed by atoms with van der Waals surface area (Å²) in [4.78, 5) is 15.2. The fourth-order valence-electron chi connectivity index (χ4n) is 2.78. The van der Waals surface area contributed by atoms with Gasteiger partial charge in [-0.3, -0.25) is 0 Å². The van der Waals surface area contributed by atoms with Crippen molar-refractivity contribution < 1.29 is 13.2 Å². The Morgan fingerprint density at radius 1 is 1.19 bits per heavy atom. The number of amides is 2. The van der Waals surface area contributed by atoms with Crippen LogP contribution in [-0.2, 0) is 16.6 Å². The third-order valence-corrected chi connectivity index (χ3v) is 7.77. The van der Waals surface area contributed by atoms with Crippen LogP contribution in [0.3, 0.4) is 0 Å². The maximum atomic E-state index is 12.7. The smallest absolute Gasteiger partial charge is 0.317 e. The van der Waals surface area contributed by atoms with Crippen LogP contribution in [0.25, 0.3) is 0 Å². The number of halogens is 1. The number of carbonyl (C=O) groups is 1. The number of aryl methyl sites for hydroxylation is 1. The van der Waals surface area contributed by atoms with Crippen molar-refractivity contribution in [1.82, 2.24) is 14.5 Å². The Morgan fingerprint density at radius 2 is 1.88 bits per heavy atom. The van der Waals surface area contributed by atoms with E-state index in [-0.39, 0.29) is 29.0 Å². The summed E-state index contributed by atoms with van der Waals surface area (Å²) < 4.78 is 26.8. The van der Waals surface area contributed by atoms with Gasteiger partial charge in [0.15, 0.2) is 0 Å². The van der Waals surface area contributed by atoms with Crippen LogP contribution in [-0.4, -0.2) is 49.8 Å². The summed E-state index contributed by atoms with van der Waals surface area (Å²) in [6, 6.07) is 8.25. The van der Waals surface area contributed by atoms with Crippen molar-refractivity contribution in [2.45, 2.75) is 18.4 Å². The maximum absolute atomic E-state index is 12.7. The van der Waals surface area contributed by atoms with E-state index in [0.717, 1.165) is 10.4 Å². The highest BCUT2D eigenvalue weighted by Gasteiger charge is 2.31. The van der Waals surface area contributed by atoms with Gasteiger partial charge in [-0.2, -0.15) is 4.31 Å². The molecule has 0 saturated carbocycles. The first kappa shape index (κ1) is 19.2. The van der Waals surface area contributed by atoms with Crippen LogP contribution < -0.4 is 5.32 Å². The fraction of sp³-hybridized carbons (Fsp3) is 0.353. The quantitative estimate of drug-likeness (QED) is 0.837. The molecular formula is C17H20ClN3O3S2. The second-order valence-electron chi connectivity index (χ2n) is 6.01. The number of thiophene rings is 1. The molecule has 2 aromatic rings. The van der Waals surface area contributed by atoms with E-state index in [9.17, 15) is 13.2 Å². The first-order valence-corrected chi connectivity index (χ1v) is 10.9. The lowest BCUT2D eigenvalue weighted by atomic mass is 10.3. The molecule has 1 aromatic carbocycles. The predicted octanol–water partition coefficient (Wildman–Crippen LogP) is 2.93. The number of urea groups is 1. The number of hydrogen-bond acceptors (Lipinski definition) is 4. The Morgan fingerprint density at radius 3 is 2.50 bits per heavy atom. The average molecular weight is 414 g/mol. The molecule has 0 atom stereocenters. The predicted molar refractivity (Wildman–Crippen MR) is 103 cm³/mol. The lowest BCUT2D eigenvalue weighted by molar-refractivity contribution is 0.172. The first-order valence-electron chi connectivity index (χ1n) is 8.20. The van der Waals surface area contributed by atoms with Crippen molar-refractivity contribution in [3.63, 3.8) is 0 Å². The average Bonchev–Trinajstić information content (AvgIpc) is 3.05. The van der Waals surface area contributed by atoms with Crippen molar-refractivity contribution in [1.29, 1.82) is 0 Å². The van der Waals surface area contributed by atoms with Gasteiger partial charge in [0.25, 0.3) is 0 Å². The lowest BCUT2D eigenvalue weighted by Crippen LogP contribution is -2.52.